The van der Waals surface area contributed by atoms with Crippen LogP contribution >= 0.6 is 11.6 Å². The highest BCUT2D eigenvalue weighted by atomic mass is 35.5. The topological polar surface area (TPSA) is 53.0 Å². The van der Waals surface area contributed by atoms with Crippen LogP contribution in [0.3, 0.4) is 0 Å². The number of carbonyl (C=O) groups excluding carboxylic acids is 1. The van der Waals surface area contributed by atoms with Crippen molar-refractivity contribution in [3.05, 3.63) is 28.8 Å². The molecule has 0 aromatic heterocycles. The van der Waals surface area contributed by atoms with Crippen molar-refractivity contribution in [1.82, 2.24) is 9.80 Å². The lowest BCUT2D eigenvalue weighted by Gasteiger charge is -2.36. The largest absolute Gasteiger partial charge is 0.489 e. The van der Waals surface area contributed by atoms with Crippen LogP contribution in [-0.2, 0) is 0 Å². The minimum absolute atomic E-state index is 0.0708. The number of amides is 1. The van der Waals surface area contributed by atoms with Gasteiger partial charge in [-0.05, 0) is 43.9 Å². The number of hydrogen-bond acceptors (Lipinski definition) is 4. The highest BCUT2D eigenvalue weighted by molar-refractivity contribution is 6.31. The summed E-state index contributed by atoms with van der Waals surface area (Å²) < 4.78 is 6.21. The van der Waals surface area contributed by atoms with E-state index in [1.807, 2.05) is 0 Å². The number of aliphatic hydroxyl groups is 1. The summed E-state index contributed by atoms with van der Waals surface area (Å²) in [5.74, 6) is 0.406. The zero-order valence-electron chi connectivity index (χ0n) is 15.5. The van der Waals surface area contributed by atoms with E-state index >= 15 is 0 Å². The molecule has 1 saturated heterocycles. The molecule has 0 bridgehead atoms. The zero-order chi connectivity index (χ0) is 18.5. The molecule has 0 radical (unpaired) electrons. The van der Waals surface area contributed by atoms with Crippen molar-refractivity contribution in [2.45, 2.75) is 50.7 Å². The monoisotopic (exact) mass is 380 g/mol. The molecule has 0 unspecified atom stereocenters. The Kier molecular flexibility index (Phi) is 6.79. The summed E-state index contributed by atoms with van der Waals surface area (Å²) in [4.78, 5) is 16.7. The number of halogens is 1. The number of likely N-dealkylation sites (tertiary alicyclic amines) is 1. The van der Waals surface area contributed by atoms with Gasteiger partial charge in [0, 0.05) is 37.7 Å². The molecule has 1 aromatic rings. The first-order chi connectivity index (χ1) is 12.6. The van der Waals surface area contributed by atoms with E-state index in [2.05, 4.69) is 4.90 Å². The van der Waals surface area contributed by atoms with Crippen LogP contribution in [0.4, 0.5) is 0 Å². The molecule has 2 aliphatic rings. The number of piperidine rings is 1. The van der Waals surface area contributed by atoms with E-state index in [1.54, 1.807) is 25.2 Å². The molecule has 1 N–H and O–H groups in total. The first kappa shape index (κ1) is 19.5. The van der Waals surface area contributed by atoms with Crippen LogP contribution < -0.4 is 4.74 Å². The molecule has 1 saturated carbocycles. The lowest BCUT2D eigenvalue weighted by molar-refractivity contribution is 0.0701. The third-order valence-corrected chi connectivity index (χ3v) is 5.80. The lowest BCUT2D eigenvalue weighted by Crippen LogP contribution is -2.43. The molecule has 3 rings (SSSR count). The SMILES string of the molecule is CN(CCO)C(=O)c1cc(Cl)ccc1OC1CCN(C2CCCC2)CC1. The predicted octanol–water partition coefficient (Wildman–Crippen LogP) is 3.19. The second-order valence-electron chi connectivity index (χ2n) is 7.38. The van der Waals surface area contributed by atoms with Crippen molar-refractivity contribution >= 4 is 17.5 Å². The molecule has 144 valence electrons. The fourth-order valence-electron chi connectivity index (χ4n) is 4.04. The summed E-state index contributed by atoms with van der Waals surface area (Å²) in [6.07, 6.45) is 7.48. The third kappa shape index (κ3) is 4.70. The summed E-state index contributed by atoms with van der Waals surface area (Å²) >= 11 is 6.09. The highest BCUT2D eigenvalue weighted by Gasteiger charge is 2.28. The van der Waals surface area contributed by atoms with E-state index in [1.165, 1.54) is 30.6 Å². The fraction of sp³-hybridized carbons (Fsp3) is 0.650. The predicted molar refractivity (Wildman–Crippen MR) is 103 cm³/mol. The first-order valence-corrected chi connectivity index (χ1v) is 10.0. The number of likely N-dealkylation sites (N-methyl/N-ethyl adjacent to an activating group) is 1. The Hall–Kier alpha value is -1.30. The van der Waals surface area contributed by atoms with Crippen molar-refractivity contribution in [2.24, 2.45) is 0 Å². The number of carbonyl (C=O) groups is 1. The lowest BCUT2D eigenvalue weighted by atomic mass is 10.0. The van der Waals surface area contributed by atoms with E-state index in [0.717, 1.165) is 32.0 Å². The molecular formula is C20H29ClN2O3. The molecule has 5 nitrogen and oxygen atoms in total. The molecule has 26 heavy (non-hydrogen) atoms. The van der Waals surface area contributed by atoms with E-state index in [9.17, 15) is 4.79 Å². The standard InChI is InChI=1S/C20H29ClN2O3/c1-22(12-13-24)20(25)18-14-15(21)6-7-19(18)26-17-8-10-23(11-9-17)16-4-2-3-5-16/h6-7,14,16-17,24H,2-5,8-13H2,1H3. The summed E-state index contributed by atoms with van der Waals surface area (Å²) in [5.41, 5.74) is 0.465. The van der Waals surface area contributed by atoms with Crippen LogP contribution in [0, 0.1) is 0 Å². The van der Waals surface area contributed by atoms with Crippen LogP contribution in [0.1, 0.15) is 48.9 Å². The molecule has 1 aliphatic carbocycles. The second kappa shape index (κ2) is 9.07. The number of rotatable bonds is 6. The van der Waals surface area contributed by atoms with E-state index in [-0.39, 0.29) is 25.2 Å². The molecule has 1 aromatic carbocycles. The molecule has 6 heteroatoms. The van der Waals surface area contributed by atoms with Gasteiger partial charge in [-0.2, -0.15) is 0 Å². The second-order valence-corrected chi connectivity index (χ2v) is 7.82. The quantitative estimate of drug-likeness (QED) is 0.823. The molecule has 2 fully saturated rings. The van der Waals surface area contributed by atoms with Crippen molar-refractivity contribution in [3.8, 4) is 5.75 Å². The van der Waals surface area contributed by atoms with E-state index in [4.69, 9.17) is 21.4 Å². The van der Waals surface area contributed by atoms with E-state index in [0.29, 0.717) is 16.3 Å². The summed E-state index contributed by atoms with van der Waals surface area (Å²) in [5, 5.41) is 9.58. The maximum Gasteiger partial charge on any atom is 0.257 e. The average molecular weight is 381 g/mol. The minimum Gasteiger partial charge on any atom is -0.489 e. The van der Waals surface area contributed by atoms with Gasteiger partial charge < -0.3 is 19.6 Å². The summed E-state index contributed by atoms with van der Waals surface area (Å²) in [6, 6.07) is 5.95. The number of ether oxygens (including phenoxy) is 1. The van der Waals surface area contributed by atoms with Gasteiger partial charge in [0.15, 0.2) is 0 Å². The Morgan fingerprint density at radius 1 is 1.27 bits per heavy atom. The van der Waals surface area contributed by atoms with Gasteiger partial charge in [0.2, 0.25) is 0 Å². The maximum atomic E-state index is 12.6. The van der Waals surface area contributed by atoms with Crippen LogP contribution in [-0.4, -0.2) is 66.2 Å². The molecule has 0 atom stereocenters. The van der Waals surface area contributed by atoms with Crippen LogP contribution in [0.2, 0.25) is 5.02 Å². The fourth-order valence-corrected chi connectivity index (χ4v) is 4.21. The Morgan fingerprint density at radius 2 is 1.96 bits per heavy atom. The van der Waals surface area contributed by atoms with Gasteiger partial charge in [-0.15, -0.1) is 0 Å². The smallest absolute Gasteiger partial charge is 0.257 e. The number of nitrogens with zero attached hydrogens (tertiary/aromatic N) is 2. The van der Waals surface area contributed by atoms with Gasteiger partial charge in [0.25, 0.3) is 5.91 Å². The molecular weight excluding hydrogens is 352 g/mol. The van der Waals surface area contributed by atoms with Crippen molar-refractivity contribution in [1.29, 1.82) is 0 Å². The highest BCUT2D eigenvalue weighted by Crippen LogP contribution is 2.30. The van der Waals surface area contributed by atoms with Crippen molar-refractivity contribution < 1.29 is 14.6 Å². The average Bonchev–Trinajstić information content (AvgIpc) is 3.18. The Labute approximate surface area is 160 Å². The summed E-state index contributed by atoms with van der Waals surface area (Å²) in [6.45, 7) is 2.34. The van der Waals surface area contributed by atoms with Gasteiger partial charge in [0.05, 0.1) is 12.2 Å². The Bertz CT molecular complexity index is 611. The van der Waals surface area contributed by atoms with Crippen LogP contribution in [0.25, 0.3) is 0 Å². The minimum atomic E-state index is -0.181. The normalized spacial score (nSPS) is 19.7. The first-order valence-electron chi connectivity index (χ1n) is 9.65. The molecule has 1 amide bonds. The molecule has 1 aliphatic heterocycles. The number of hydrogen-bond donors (Lipinski definition) is 1. The zero-order valence-corrected chi connectivity index (χ0v) is 16.2. The van der Waals surface area contributed by atoms with Gasteiger partial charge in [0.1, 0.15) is 11.9 Å². The van der Waals surface area contributed by atoms with Crippen molar-refractivity contribution in [2.75, 3.05) is 33.3 Å². The van der Waals surface area contributed by atoms with Gasteiger partial charge >= 0.3 is 0 Å². The van der Waals surface area contributed by atoms with Crippen molar-refractivity contribution in [3.63, 3.8) is 0 Å². The summed E-state index contributed by atoms with van der Waals surface area (Å²) in [7, 11) is 1.67. The number of aliphatic hydroxyl groups excluding tert-OH is 1. The molecule has 0 spiro atoms. The Balaban J connectivity index is 1.63. The maximum absolute atomic E-state index is 12.6. The molecule has 1 heterocycles. The third-order valence-electron chi connectivity index (χ3n) is 5.57. The van der Waals surface area contributed by atoms with Gasteiger partial charge in [-0.1, -0.05) is 24.4 Å². The van der Waals surface area contributed by atoms with E-state index < -0.39 is 0 Å². The Morgan fingerprint density at radius 3 is 2.62 bits per heavy atom. The van der Waals surface area contributed by atoms with Crippen LogP contribution in [0.15, 0.2) is 18.2 Å². The van der Waals surface area contributed by atoms with Gasteiger partial charge in [-0.25, -0.2) is 0 Å². The van der Waals surface area contributed by atoms with Crippen LogP contribution in [0.5, 0.6) is 5.75 Å². The number of benzene rings is 1. The van der Waals surface area contributed by atoms with Gasteiger partial charge in [-0.3, -0.25) is 4.79 Å².